The van der Waals surface area contributed by atoms with Crippen LogP contribution in [0.25, 0.3) is 0 Å². The second-order valence-electron chi connectivity index (χ2n) is 5.09. The molecule has 2 N–H and O–H groups in total. The van der Waals surface area contributed by atoms with E-state index in [1.54, 1.807) is 19.9 Å². The lowest BCUT2D eigenvalue weighted by molar-refractivity contribution is -0.167. The molecule has 6 nitrogen and oxygen atoms in total. The minimum atomic E-state index is -1.63. The van der Waals surface area contributed by atoms with E-state index in [9.17, 15) is 14.4 Å². The molecule has 1 atom stereocenters. The summed E-state index contributed by atoms with van der Waals surface area (Å²) in [6.45, 7) is 7.98. The van der Waals surface area contributed by atoms with Crippen LogP contribution in [0.5, 0.6) is 0 Å². The molecule has 0 radical (unpaired) electrons. The zero-order valence-corrected chi connectivity index (χ0v) is 11.5. The van der Waals surface area contributed by atoms with Crippen LogP contribution < -0.4 is 10.6 Å². The molecule has 1 saturated heterocycles. The zero-order valence-electron chi connectivity index (χ0n) is 11.5. The lowest BCUT2D eigenvalue weighted by atomic mass is 9.88. The molecule has 0 aromatic carbocycles. The van der Waals surface area contributed by atoms with Crippen LogP contribution in [0.4, 0.5) is 0 Å². The molecule has 1 fully saturated rings. The number of amides is 2. The van der Waals surface area contributed by atoms with Gasteiger partial charge in [-0.3, -0.25) is 14.4 Å². The zero-order chi connectivity index (χ0) is 14.7. The van der Waals surface area contributed by atoms with Crippen LogP contribution >= 0.6 is 0 Å². The second-order valence-corrected chi connectivity index (χ2v) is 5.09. The van der Waals surface area contributed by atoms with Gasteiger partial charge >= 0.3 is 0 Å². The summed E-state index contributed by atoms with van der Waals surface area (Å²) in [6, 6.07) is 0. The van der Waals surface area contributed by atoms with Gasteiger partial charge in [-0.05, 0) is 20.3 Å². The molecular weight excluding hydrogens is 248 g/mol. The van der Waals surface area contributed by atoms with E-state index < -0.39 is 23.1 Å². The van der Waals surface area contributed by atoms with E-state index >= 15 is 0 Å². The first-order valence-corrected chi connectivity index (χ1v) is 6.13. The van der Waals surface area contributed by atoms with Crippen LogP contribution in [0, 0.1) is 0 Å². The van der Waals surface area contributed by atoms with Gasteiger partial charge in [0.2, 0.25) is 11.4 Å². The fourth-order valence-corrected chi connectivity index (χ4v) is 1.89. The van der Waals surface area contributed by atoms with E-state index in [1.807, 2.05) is 0 Å². The molecule has 0 bridgehead atoms. The van der Waals surface area contributed by atoms with Crippen molar-refractivity contribution in [1.82, 2.24) is 10.6 Å². The molecule has 1 rings (SSSR count). The van der Waals surface area contributed by atoms with E-state index in [1.165, 1.54) is 6.92 Å². The average Bonchev–Trinajstić information content (AvgIpc) is 2.29. The van der Waals surface area contributed by atoms with Crippen LogP contribution in [0.3, 0.4) is 0 Å². The highest BCUT2D eigenvalue weighted by Crippen LogP contribution is 2.22. The molecule has 0 aromatic heterocycles. The van der Waals surface area contributed by atoms with Crippen LogP contribution in [0.1, 0.15) is 33.6 Å². The van der Waals surface area contributed by atoms with Crippen molar-refractivity contribution in [1.29, 1.82) is 0 Å². The highest BCUT2D eigenvalue weighted by Gasteiger charge is 2.51. The number of carbonyl (C=O) groups is 3. The van der Waals surface area contributed by atoms with Gasteiger partial charge in [0.15, 0.2) is 5.78 Å². The van der Waals surface area contributed by atoms with Gasteiger partial charge in [-0.25, -0.2) is 0 Å². The first-order chi connectivity index (χ1) is 8.73. The molecule has 1 aliphatic heterocycles. The van der Waals surface area contributed by atoms with E-state index in [0.717, 1.165) is 0 Å². The summed E-state index contributed by atoms with van der Waals surface area (Å²) < 4.78 is 5.46. The Hall–Kier alpha value is -1.69. The Morgan fingerprint density at radius 2 is 2.16 bits per heavy atom. The third-order valence-electron chi connectivity index (χ3n) is 2.89. The molecule has 0 saturated carbocycles. The molecule has 6 heteroatoms. The molecule has 19 heavy (non-hydrogen) atoms. The maximum Gasteiger partial charge on any atom is 0.258 e. The Morgan fingerprint density at radius 3 is 2.63 bits per heavy atom. The van der Waals surface area contributed by atoms with Crippen molar-refractivity contribution in [3.8, 4) is 0 Å². The van der Waals surface area contributed by atoms with Gasteiger partial charge in [-0.2, -0.15) is 0 Å². The van der Waals surface area contributed by atoms with Crippen molar-refractivity contribution >= 4 is 17.6 Å². The van der Waals surface area contributed by atoms with Gasteiger partial charge in [0, 0.05) is 13.3 Å². The Labute approximate surface area is 112 Å². The fourth-order valence-electron chi connectivity index (χ4n) is 1.89. The summed E-state index contributed by atoms with van der Waals surface area (Å²) >= 11 is 0. The SMILES string of the molecule is C=CCCC(=O)[C@@]1(NC(C)=O)COC(C)(C)NC1=O. The Morgan fingerprint density at radius 1 is 1.53 bits per heavy atom. The number of allylic oxidation sites excluding steroid dienone is 1. The van der Waals surface area contributed by atoms with Crippen molar-refractivity contribution in [3.05, 3.63) is 12.7 Å². The van der Waals surface area contributed by atoms with Crippen molar-refractivity contribution in [3.63, 3.8) is 0 Å². The van der Waals surface area contributed by atoms with Crippen molar-refractivity contribution in [2.75, 3.05) is 6.61 Å². The largest absolute Gasteiger partial charge is 0.353 e. The van der Waals surface area contributed by atoms with Gasteiger partial charge in [-0.15, -0.1) is 6.58 Å². The van der Waals surface area contributed by atoms with E-state index in [4.69, 9.17) is 4.74 Å². The van der Waals surface area contributed by atoms with Crippen molar-refractivity contribution in [2.45, 2.75) is 44.9 Å². The van der Waals surface area contributed by atoms with Gasteiger partial charge in [-0.1, -0.05) is 6.08 Å². The quantitative estimate of drug-likeness (QED) is 0.554. The number of hydrogen-bond donors (Lipinski definition) is 2. The summed E-state index contributed by atoms with van der Waals surface area (Å²) in [5.41, 5.74) is -2.48. The summed E-state index contributed by atoms with van der Waals surface area (Å²) in [7, 11) is 0. The third-order valence-corrected chi connectivity index (χ3v) is 2.89. The molecule has 0 aliphatic carbocycles. The maximum absolute atomic E-state index is 12.2. The van der Waals surface area contributed by atoms with Crippen molar-refractivity contribution < 1.29 is 19.1 Å². The Bertz CT molecular complexity index is 417. The summed E-state index contributed by atoms with van der Waals surface area (Å²) in [6.07, 6.45) is 2.16. The van der Waals surface area contributed by atoms with E-state index in [0.29, 0.717) is 6.42 Å². The van der Waals surface area contributed by atoms with Gasteiger partial charge < -0.3 is 15.4 Å². The number of rotatable bonds is 5. The number of ether oxygens (including phenoxy) is 1. The fraction of sp³-hybridized carbons (Fsp3) is 0.615. The normalized spacial score (nSPS) is 25.3. The van der Waals surface area contributed by atoms with Gasteiger partial charge in [0.05, 0.1) is 6.61 Å². The first kappa shape index (κ1) is 15.4. The number of ketones is 1. The molecule has 0 unspecified atom stereocenters. The predicted molar refractivity (Wildman–Crippen MR) is 69.2 cm³/mol. The molecule has 1 aliphatic rings. The van der Waals surface area contributed by atoms with E-state index in [-0.39, 0.29) is 18.8 Å². The Balaban J connectivity index is 3.00. The predicted octanol–water partition coefficient (Wildman–Crippen LogP) is 0.279. The van der Waals surface area contributed by atoms with Crippen LogP contribution in [-0.2, 0) is 19.1 Å². The van der Waals surface area contributed by atoms with Crippen LogP contribution in [-0.4, -0.2) is 35.5 Å². The minimum absolute atomic E-state index is 0.126. The maximum atomic E-state index is 12.2. The monoisotopic (exact) mass is 268 g/mol. The van der Waals surface area contributed by atoms with Crippen LogP contribution in [0.2, 0.25) is 0 Å². The standard InChI is InChI=1S/C13H20N2O4/c1-5-6-7-10(17)13(14-9(2)16)8-19-12(3,4)15-11(13)18/h5H,1,6-8H2,2-4H3,(H,14,16)(H,15,18)/t13-/m0/s1. The summed E-state index contributed by atoms with van der Waals surface area (Å²) in [4.78, 5) is 35.7. The smallest absolute Gasteiger partial charge is 0.258 e. The highest BCUT2D eigenvalue weighted by atomic mass is 16.5. The summed E-state index contributed by atoms with van der Waals surface area (Å²) in [5.74, 6) is -1.37. The number of nitrogens with one attached hydrogen (secondary N) is 2. The minimum Gasteiger partial charge on any atom is -0.353 e. The third kappa shape index (κ3) is 3.41. The lowest BCUT2D eigenvalue weighted by Gasteiger charge is -2.42. The topological polar surface area (TPSA) is 84.5 Å². The molecule has 106 valence electrons. The lowest BCUT2D eigenvalue weighted by Crippen LogP contribution is -2.73. The number of carbonyl (C=O) groups excluding carboxylic acids is 3. The molecule has 1 heterocycles. The summed E-state index contributed by atoms with van der Waals surface area (Å²) in [5, 5.41) is 5.02. The molecule has 2 amide bonds. The van der Waals surface area contributed by atoms with E-state index in [2.05, 4.69) is 17.2 Å². The number of hydrogen-bond acceptors (Lipinski definition) is 4. The van der Waals surface area contributed by atoms with Gasteiger partial charge in [0.25, 0.3) is 5.91 Å². The molecule has 0 aromatic rings. The molecule has 0 spiro atoms. The average molecular weight is 268 g/mol. The van der Waals surface area contributed by atoms with Crippen molar-refractivity contribution in [2.24, 2.45) is 0 Å². The first-order valence-electron chi connectivity index (χ1n) is 6.13. The second kappa shape index (κ2) is 5.52. The van der Waals surface area contributed by atoms with Gasteiger partial charge in [0.1, 0.15) is 5.72 Å². The number of Topliss-reactive ketones (excluding diaryl/α,β-unsaturated/α-hetero) is 1. The van der Waals surface area contributed by atoms with Crippen LogP contribution in [0.15, 0.2) is 12.7 Å². The Kier molecular flexibility index (Phi) is 4.47. The highest BCUT2D eigenvalue weighted by molar-refractivity contribution is 6.13. The molecular formula is C13H20N2O4.